The van der Waals surface area contributed by atoms with Gasteiger partial charge in [-0.3, -0.25) is 0 Å². The smallest absolute Gasteiger partial charge is 0.0620 e. The molecule has 0 bridgehead atoms. The van der Waals surface area contributed by atoms with Crippen LogP contribution in [0.3, 0.4) is 0 Å². The van der Waals surface area contributed by atoms with Gasteiger partial charge in [-0.2, -0.15) is 0 Å². The Morgan fingerprint density at radius 2 is 0.935 bits per heavy atom. The molecule has 5 aromatic rings. The van der Waals surface area contributed by atoms with E-state index in [9.17, 15) is 0 Å². The number of aryl methyl sites for hydroxylation is 1. The van der Waals surface area contributed by atoms with Gasteiger partial charge < -0.3 is 0 Å². The average Bonchev–Trinajstić information content (AvgIpc) is 2.84. The van der Waals surface area contributed by atoms with Crippen LogP contribution >= 0.6 is 7.26 Å². The minimum absolute atomic E-state index is 1.01. The largest absolute Gasteiger partial charge is 0.116 e. The second kappa shape index (κ2) is 8.50. The normalized spacial score (nSPS) is 11.5. The first kappa shape index (κ1) is 19.7. The molecule has 31 heavy (non-hydrogen) atoms. The molecule has 0 unspecified atom stereocenters. The topological polar surface area (TPSA) is 0 Å². The Labute approximate surface area is 185 Å². The Morgan fingerprint density at radius 1 is 0.484 bits per heavy atom. The molecule has 0 spiro atoms. The molecule has 0 N–H and O–H groups in total. The van der Waals surface area contributed by atoms with Crippen molar-refractivity contribution >= 4 is 33.9 Å². The highest BCUT2D eigenvalue weighted by atomic mass is 31.2. The Hall–Kier alpha value is -3.21. The van der Waals surface area contributed by atoms with Gasteiger partial charge in [0.2, 0.25) is 0 Å². The van der Waals surface area contributed by atoms with Crippen LogP contribution in [0.1, 0.15) is 11.1 Å². The van der Waals surface area contributed by atoms with Crippen LogP contribution in [0.25, 0.3) is 10.8 Å². The van der Waals surface area contributed by atoms with Crippen LogP contribution in [0.15, 0.2) is 127 Å². The summed E-state index contributed by atoms with van der Waals surface area (Å²) in [6, 6.07) is 47.1. The van der Waals surface area contributed by atoms with Crippen molar-refractivity contribution in [1.29, 1.82) is 0 Å². The molecule has 0 aliphatic carbocycles. The third-order valence-corrected chi connectivity index (χ3v) is 10.4. The lowest BCUT2D eigenvalue weighted by Gasteiger charge is -2.28. The van der Waals surface area contributed by atoms with E-state index in [1.165, 1.54) is 37.8 Å². The first-order valence-electron chi connectivity index (χ1n) is 10.8. The number of rotatable bonds is 5. The van der Waals surface area contributed by atoms with Crippen molar-refractivity contribution in [2.24, 2.45) is 0 Å². The molecule has 1 heteroatoms. The van der Waals surface area contributed by atoms with Gasteiger partial charge in [0.1, 0.15) is 23.2 Å². The van der Waals surface area contributed by atoms with Crippen molar-refractivity contribution in [2.45, 2.75) is 13.1 Å². The Morgan fingerprint density at radius 3 is 1.45 bits per heavy atom. The highest BCUT2D eigenvalue weighted by Crippen LogP contribution is 2.58. The van der Waals surface area contributed by atoms with Crippen molar-refractivity contribution in [1.82, 2.24) is 0 Å². The van der Waals surface area contributed by atoms with Gasteiger partial charge in [-0.15, -0.1) is 0 Å². The third-order valence-electron chi connectivity index (χ3n) is 6.07. The minimum Gasteiger partial charge on any atom is -0.0620 e. The van der Waals surface area contributed by atoms with E-state index < -0.39 is 7.26 Å². The highest BCUT2D eigenvalue weighted by molar-refractivity contribution is 7.95. The molecule has 0 saturated heterocycles. The van der Waals surface area contributed by atoms with Gasteiger partial charge in [0.15, 0.2) is 0 Å². The van der Waals surface area contributed by atoms with Crippen molar-refractivity contribution in [3.05, 3.63) is 139 Å². The van der Waals surface area contributed by atoms with E-state index in [1.54, 1.807) is 0 Å². The van der Waals surface area contributed by atoms with E-state index in [2.05, 4.69) is 134 Å². The van der Waals surface area contributed by atoms with E-state index in [1.807, 2.05) is 0 Å². The Bertz CT molecular complexity index is 1200. The molecule has 0 heterocycles. The van der Waals surface area contributed by atoms with Crippen LogP contribution in [-0.2, 0) is 6.16 Å². The fourth-order valence-electron chi connectivity index (χ4n) is 4.56. The zero-order chi connectivity index (χ0) is 21.1. The van der Waals surface area contributed by atoms with Crippen LogP contribution in [0.4, 0.5) is 0 Å². The van der Waals surface area contributed by atoms with Crippen molar-refractivity contribution in [2.75, 3.05) is 0 Å². The molecule has 0 fully saturated rings. The van der Waals surface area contributed by atoms with Crippen molar-refractivity contribution < 1.29 is 0 Å². The summed E-state index contributed by atoms with van der Waals surface area (Å²) >= 11 is 0. The predicted octanol–water partition coefficient (Wildman–Crippen LogP) is 6.64. The molecular formula is C30H26P+. The SMILES string of the molecule is Cc1ccc2cc(C[P+](c3ccccc3)(c3ccccc3)c3ccccc3)ccc2c1. The molecule has 0 aromatic heterocycles. The molecule has 5 aromatic carbocycles. The number of benzene rings is 5. The second-order valence-electron chi connectivity index (χ2n) is 8.16. The third kappa shape index (κ3) is 3.80. The summed E-state index contributed by atoms with van der Waals surface area (Å²) in [6.45, 7) is 2.16. The van der Waals surface area contributed by atoms with Crippen LogP contribution in [0.5, 0.6) is 0 Å². The maximum atomic E-state index is 2.39. The lowest BCUT2D eigenvalue weighted by molar-refractivity contribution is 1.40. The number of hydrogen-bond donors (Lipinski definition) is 0. The predicted molar refractivity (Wildman–Crippen MR) is 138 cm³/mol. The molecule has 150 valence electrons. The van der Waals surface area contributed by atoms with Crippen LogP contribution in [0, 0.1) is 6.92 Å². The fraction of sp³-hybridized carbons (Fsp3) is 0.0667. The summed E-state index contributed by atoms with van der Waals surface area (Å²) < 4.78 is 0. The van der Waals surface area contributed by atoms with Gasteiger partial charge in [-0.05, 0) is 65.7 Å². The highest BCUT2D eigenvalue weighted by Gasteiger charge is 2.45. The Kier molecular flexibility index (Phi) is 5.41. The summed E-state index contributed by atoms with van der Waals surface area (Å²) in [5, 5.41) is 6.91. The molecule has 0 aliphatic rings. The van der Waals surface area contributed by atoms with E-state index in [4.69, 9.17) is 0 Å². The summed E-state index contributed by atoms with van der Waals surface area (Å²) in [6.07, 6.45) is 1.01. The first-order valence-corrected chi connectivity index (χ1v) is 12.8. The first-order chi connectivity index (χ1) is 15.3. The van der Waals surface area contributed by atoms with Gasteiger partial charge in [-0.1, -0.05) is 90.5 Å². The summed E-state index contributed by atoms with van der Waals surface area (Å²) in [5.74, 6) is 0. The molecule has 0 saturated carbocycles. The summed E-state index contributed by atoms with van der Waals surface area (Å²) in [7, 11) is -1.86. The van der Waals surface area contributed by atoms with Gasteiger partial charge in [0.05, 0.1) is 6.16 Å². The van der Waals surface area contributed by atoms with Crippen molar-refractivity contribution in [3.8, 4) is 0 Å². The molecule has 0 radical (unpaired) electrons. The van der Waals surface area contributed by atoms with Gasteiger partial charge >= 0.3 is 0 Å². The zero-order valence-corrected chi connectivity index (χ0v) is 18.7. The average molecular weight is 418 g/mol. The lowest BCUT2D eigenvalue weighted by atomic mass is 10.1. The molecule has 0 amide bonds. The fourth-order valence-corrected chi connectivity index (χ4v) is 8.79. The summed E-state index contributed by atoms with van der Waals surface area (Å²) in [5.41, 5.74) is 2.70. The van der Waals surface area contributed by atoms with Crippen LogP contribution in [0.2, 0.25) is 0 Å². The molecule has 0 aliphatic heterocycles. The molecule has 0 nitrogen and oxygen atoms in total. The Balaban J connectivity index is 1.75. The molecule has 0 atom stereocenters. The quantitative estimate of drug-likeness (QED) is 0.281. The molecular weight excluding hydrogens is 391 g/mol. The number of fused-ring (bicyclic) bond motifs is 1. The maximum Gasteiger partial charge on any atom is 0.116 e. The van der Waals surface area contributed by atoms with E-state index >= 15 is 0 Å². The van der Waals surface area contributed by atoms with E-state index in [0.717, 1.165) is 6.16 Å². The van der Waals surface area contributed by atoms with Crippen LogP contribution < -0.4 is 15.9 Å². The number of hydrogen-bond acceptors (Lipinski definition) is 0. The minimum atomic E-state index is -1.86. The van der Waals surface area contributed by atoms with Crippen molar-refractivity contribution in [3.63, 3.8) is 0 Å². The van der Waals surface area contributed by atoms with Gasteiger partial charge in [-0.25, -0.2) is 0 Å². The zero-order valence-electron chi connectivity index (χ0n) is 17.8. The van der Waals surface area contributed by atoms with Crippen LogP contribution in [-0.4, -0.2) is 0 Å². The van der Waals surface area contributed by atoms with E-state index in [-0.39, 0.29) is 0 Å². The van der Waals surface area contributed by atoms with Gasteiger partial charge in [0.25, 0.3) is 0 Å². The van der Waals surface area contributed by atoms with Gasteiger partial charge in [0, 0.05) is 0 Å². The molecule has 5 rings (SSSR count). The second-order valence-corrected chi connectivity index (χ2v) is 11.6. The standard InChI is InChI=1S/C30H26P/c1-24-17-19-27-22-25(18-20-26(27)21-24)23-31(28-11-5-2-6-12-28,29-13-7-3-8-14-29)30-15-9-4-10-16-30/h2-22H,23H2,1H3/q+1. The maximum absolute atomic E-state index is 2.39. The van der Waals surface area contributed by atoms with E-state index in [0.29, 0.717) is 0 Å². The lowest BCUT2D eigenvalue weighted by Crippen LogP contribution is -2.32. The monoisotopic (exact) mass is 417 g/mol. The summed E-state index contributed by atoms with van der Waals surface area (Å²) in [4.78, 5) is 0.